The van der Waals surface area contributed by atoms with Crippen molar-refractivity contribution in [3.05, 3.63) is 41.2 Å². The van der Waals surface area contributed by atoms with Gasteiger partial charge >= 0.3 is 0 Å². The minimum atomic E-state index is 0.0464. The molecule has 2 rings (SSSR count). The van der Waals surface area contributed by atoms with Gasteiger partial charge in [-0.1, -0.05) is 0 Å². The van der Waals surface area contributed by atoms with Gasteiger partial charge in [-0.15, -0.1) is 0 Å². The monoisotopic (exact) mass is 189 g/mol. The highest BCUT2D eigenvalue weighted by Crippen LogP contribution is 2.20. The molecule has 1 aromatic rings. The van der Waals surface area contributed by atoms with Crippen molar-refractivity contribution < 1.29 is 9.53 Å². The number of hydrogen-bond donors (Lipinski definition) is 1. The minimum Gasteiger partial charge on any atom is -0.497 e. The van der Waals surface area contributed by atoms with E-state index in [1.807, 2.05) is 6.92 Å². The van der Waals surface area contributed by atoms with Gasteiger partial charge in [-0.2, -0.15) is 0 Å². The van der Waals surface area contributed by atoms with Crippen LogP contribution < -0.4 is 10.1 Å². The summed E-state index contributed by atoms with van der Waals surface area (Å²) < 4.78 is 5.01. The number of carbonyl (C=O) groups excluding carboxylic acids is 1. The molecule has 14 heavy (non-hydrogen) atoms. The van der Waals surface area contributed by atoms with Crippen LogP contribution in [0.5, 0.6) is 5.75 Å². The molecule has 0 spiro atoms. The maximum atomic E-state index is 11.7. The van der Waals surface area contributed by atoms with E-state index in [1.165, 1.54) is 0 Å². The molecule has 3 heteroatoms. The first-order valence-electron chi connectivity index (χ1n) is 4.39. The lowest BCUT2D eigenvalue weighted by Crippen LogP contribution is -2.00. The van der Waals surface area contributed by atoms with E-state index >= 15 is 0 Å². The number of Topliss-reactive ketones (excluding diaryl/α,β-unsaturated/α-hetero) is 1. The van der Waals surface area contributed by atoms with Crippen LogP contribution in [-0.4, -0.2) is 12.9 Å². The molecule has 1 aliphatic heterocycles. The summed E-state index contributed by atoms with van der Waals surface area (Å²) in [7, 11) is 1.60. The molecule has 0 fully saturated rings. The molecule has 1 aliphatic rings. The van der Waals surface area contributed by atoms with Crippen molar-refractivity contribution in [1.29, 1.82) is 0 Å². The predicted octanol–water partition coefficient (Wildman–Crippen LogP) is 1.71. The third-order valence-corrected chi connectivity index (χ3v) is 2.20. The van der Waals surface area contributed by atoms with Gasteiger partial charge in [0.2, 0.25) is 5.78 Å². The molecule has 1 N–H and O–H groups in total. The number of hydrogen-bond acceptors (Lipinski definition) is 3. The Bertz CT molecular complexity index is 404. The van der Waals surface area contributed by atoms with E-state index in [0.717, 1.165) is 17.1 Å². The van der Waals surface area contributed by atoms with Gasteiger partial charge < -0.3 is 10.1 Å². The minimum absolute atomic E-state index is 0.0464. The lowest BCUT2D eigenvalue weighted by molar-refractivity contribution is 0.103. The molecule has 0 bridgehead atoms. The van der Waals surface area contributed by atoms with Crippen LogP contribution in [0, 0.1) is 0 Å². The van der Waals surface area contributed by atoms with Crippen molar-refractivity contribution in [2.45, 2.75) is 6.92 Å². The van der Waals surface area contributed by atoms with Crippen LogP contribution in [0.3, 0.4) is 0 Å². The molecule has 72 valence electrons. The number of rotatable bonds is 3. The maximum absolute atomic E-state index is 11.7. The largest absolute Gasteiger partial charge is 0.497 e. The van der Waals surface area contributed by atoms with Crippen LogP contribution in [-0.2, 0) is 0 Å². The topological polar surface area (TPSA) is 48.2 Å². The van der Waals surface area contributed by atoms with Crippen molar-refractivity contribution in [3.8, 4) is 5.75 Å². The summed E-state index contributed by atoms with van der Waals surface area (Å²) in [6.45, 7) is 1.89. The van der Waals surface area contributed by atoms with Crippen molar-refractivity contribution in [3.63, 3.8) is 0 Å². The molecule has 0 saturated carbocycles. The number of benzene rings is 1. The standard InChI is InChI=1S/C11H11NO2/c1-7-10(12-7)11(13)8-3-5-9(14-2)6-4-8/h3-6,12H,1-2H3. The number of nitrogens with one attached hydrogen (secondary N) is 1. The third kappa shape index (κ3) is 1.48. The quantitative estimate of drug-likeness (QED) is 0.736. The van der Waals surface area contributed by atoms with Crippen LogP contribution >= 0.6 is 0 Å². The van der Waals surface area contributed by atoms with E-state index in [0.29, 0.717) is 5.56 Å². The van der Waals surface area contributed by atoms with Crippen LogP contribution in [0.25, 0.3) is 0 Å². The maximum Gasteiger partial charge on any atom is 0.210 e. The smallest absolute Gasteiger partial charge is 0.210 e. The van der Waals surface area contributed by atoms with E-state index in [-0.39, 0.29) is 5.78 Å². The van der Waals surface area contributed by atoms with E-state index in [1.54, 1.807) is 31.4 Å². The molecule has 0 atom stereocenters. The Morgan fingerprint density at radius 3 is 2.29 bits per heavy atom. The Labute approximate surface area is 82.4 Å². The molecular weight excluding hydrogens is 178 g/mol. The van der Waals surface area contributed by atoms with E-state index < -0.39 is 0 Å². The van der Waals surface area contributed by atoms with Crippen LogP contribution in [0.15, 0.2) is 35.7 Å². The van der Waals surface area contributed by atoms with Crippen molar-refractivity contribution in [2.24, 2.45) is 0 Å². The number of ether oxygens (including phenoxy) is 1. The van der Waals surface area contributed by atoms with E-state index in [2.05, 4.69) is 5.32 Å². The van der Waals surface area contributed by atoms with Crippen molar-refractivity contribution in [1.82, 2.24) is 5.32 Å². The number of carbonyl (C=O) groups is 1. The molecule has 0 radical (unpaired) electrons. The highest BCUT2D eigenvalue weighted by atomic mass is 16.5. The fraction of sp³-hybridized carbons (Fsp3) is 0.182. The zero-order valence-electron chi connectivity index (χ0n) is 8.13. The second kappa shape index (κ2) is 3.18. The van der Waals surface area contributed by atoms with Crippen molar-refractivity contribution in [2.75, 3.05) is 7.11 Å². The Morgan fingerprint density at radius 2 is 1.86 bits per heavy atom. The van der Waals surface area contributed by atoms with Crippen molar-refractivity contribution >= 4 is 5.78 Å². The second-order valence-corrected chi connectivity index (χ2v) is 3.18. The van der Waals surface area contributed by atoms with Crippen LogP contribution in [0.4, 0.5) is 0 Å². The summed E-state index contributed by atoms with van der Waals surface area (Å²) in [4.78, 5) is 11.7. The van der Waals surface area contributed by atoms with Gasteiger partial charge in [0.05, 0.1) is 7.11 Å². The Kier molecular flexibility index (Phi) is 2.00. The molecule has 0 aliphatic carbocycles. The summed E-state index contributed by atoms with van der Waals surface area (Å²) >= 11 is 0. The van der Waals surface area contributed by atoms with Gasteiger partial charge in [0.15, 0.2) is 0 Å². The molecular formula is C11H11NO2. The summed E-state index contributed by atoms with van der Waals surface area (Å²) in [5, 5.41) is 2.91. The van der Waals surface area contributed by atoms with Crippen LogP contribution in [0.1, 0.15) is 17.3 Å². The molecule has 1 aromatic carbocycles. The van der Waals surface area contributed by atoms with Gasteiger partial charge in [0.25, 0.3) is 0 Å². The second-order valence-electron chi connectivity index (χ2n) is 3.18. The van der Waals surface area contributed by atoms with Gasteiger partial charge in [-0.25, -0.2) is 0 Å². The zero-order chi connectivity index (χ0) is 10.1. The normalized spacial score (nSPS) is 13.6. The highest BCUT2D eigenvalue weighted by molar-refractivity contribution is 6.11. The number of methoxy groups -OCH3 is 1. The van der Waals surface area contributed by atoms with Gasteiger partial charge in [0, 0.05) is 11.3 Å². The molecule has 0 aromatic heterocycles. The molecule has 0 saturated heterocycles. The zero-order valence-corrected chi connectivity index (χ0v) is 8.13. The Morgan fingerprint density at radius 1 is 1.29 bits per heavy atom. The predicted molar refractivity (Wildman–Crippen MR) is 53.2 cm³/mol. The number of allylic oxidation sites excluding steroid dienone is 2. The lowest BCUT2D eigenvalue weighted by Gasteiger charge is -1.99. The summed E-state index contributed by atoms with van der Waals surface area (Å²) in [6, 6.07) is 7.10. The summed E-state index contributed by atoms with van der Waals surface area (Å²) in [6.07, 6.45) is 0. The third-order valence-electron chi connectivity index (χ3n) is 2.20. The average molecular weight is 189 g/mol. The number of ketones is 1. The SMILES string of the molecule is COc1ccc(C(=O)C2=C(C)N2)cc1. The average Bonchev–Trinajstić information content (AvgIpc) is 2.95. The molecule has 1 heterocycles. The molecule has 0 unspecified atom stereocenters. The van der Waals surface area contributed by atoms with Crippen LogP contribution in [0.2, 0.25) is 0 Å². The van der Waals surface area contributed by atoms with E-state index in [4.69, 9.17) is 4.74 Å². The van der Waals surface area contributed by atoms with Gasteiger partial charge in [-0.05, 0) is 31.2 Å². The van der Waals surface area contributed by atoms with Gasteiger partial charge in [0.1, 0.15) is 11.4 Å². The first-order chi connectivity index (χ1) is 6.72. The lowest BCUT2D eigenvalue weighted by atomic mass is 10.1. The van der Waals surface area contributed by atoms with E-state index in [9.17, 15) is 4.79 Å². The Balaban J connectivity index is 2.21. The van der Waals surface area contributed by atoms with Gasteiger partial charge in [-0.3, -0.25) is 4.79 Å². The fourth-order valence-electron chi connectivity index (χ4n) is 1.27. The first-order valence-corrected chi connectivity index (χ1v) is 4.39. The molecule has 3 nitrogen and oxygen atoms in total. The molecule has 0 amide bonds. The fourth-order valence-corrected chi connectivity index (χ4v) is 1.27. The first kappa shape index (κ1) is 8.81. The Hall–Kier alpha value is -1.77. The highest BCUT2D eigenvalue weighted by Gasteiger charge is 2.24. The summed E-state index contributed by atoms with van der Waals surface area (Å²) in [5.74, 6) is 0.807. The summed E-state index contributed by atoms with van der Waals surface area (Å²) in [5.41, 5.74) is 2.37.